The first kappa shape index (κ1) is 14.6. The highest BCUT2D eigenvalue weighted by atomic mass is 16.2. The van der Waals surface area contributed by atoms with Gasteiger partial charge in [0, 0.05) is 12.2 Å². The first-order valence-electron chi connectivity index (χ1n) is 7.25. The van der Waals surface area contributed by atoms with E-state index in [0.717, 1.165) is 24.1 Å². The fourth-order valence-electron chi connectivity index (χ4n) is 2.20. The van der Waals surface area contributed by atoms with Gasteiger partial charge in [0.2, 0.25) is 11.8 Å². The summed E-state index contributed by atoms with van der Waals surface area (Å²) in [5.41, 5.74) is 1.000. The molecule has 1 aliphatic rings. The maximum atomic E-state index is 12.3. The SMILES string of the molecule is CCCCNC(=O)C1(C(=O)Nc2cccc(C)c2)CC1. The van der Waals surface area contributed by atoms with Crippen LogP contribution in [0.5, 0.6) is 0 Å². The third-order valence-corrected chi connectivity index (χ3v) is 3.71. The molecule has 20 heavy (non-hydrogen) atoms. The summed E-state index contributed by atoms with van der Waals surface area (Å²) in [6.07, 6.45) is 3.26. The Hall–Kier alpha value is -1.84. The van der Waals surface area contributed by atoms with E-state index in [1.807, 2.05) is 31.2 Å². The van der Waals surface area contributed by atoms with E-state index in [9.17, 15) is 9.59 Å². The molecule has 0 atom stereocenters. The van der Waals surface area contributed by atoms with Crippen molar-refractivity contribution in [2.45, 2.75) is 39.5 Å². The van der Waals surface area contributed by atoms with E-state index in [1.165, 1.54) is 0 Å². The van der Waals surface area contributed by atoms with Crippen molar-refractivity contribution < 1.29 is 9.59 Å². The molecule has 0 aromatic heterocycles. The van der Waals surface area contributed by atoms with Crippen molar-refractivity contribution in [3.63, 3.8) is 0 Å². The fraction of sp³-hybridized carbons (Fsp3) is 0.500. The van der Waals surface area contributed by atoms with Gasteiger partial charge in [-0.2, -0.15) is 0 Å². The van der Waals surface area contributed by atoms with E-state index >= 15 is 0 Å². The number of hydrogen-bond acceptors (Lipinski definition) is 2. The average molecular weight is 274 g/mol. The van der Waals surface area contributed by atoms with Crippen LogP contribution in [0, 0.1) is 12.3 Å². The molecule has 1 fully saturated rings. The summed E-state index contributed by atoms with van der Waals surface area (Å²) in [5, 5.41) is 5.72. The maximum Gasteiger partial charge on any atom is 0.240 e. The van der Waals surface area contributed by atoms with Gasteiger partial charge in [-0.05, 0) is 43.9 Å². The van der Waals surface area contributed by atoms with E-state index < -0.39 is 5.41 Å². The second-order valence-corrected chi connectivity index (χ2v) is 5.52. The van der Waals surface area contributed by atoms with Gasteiger partial charge in [-0.25, -0.2) is 0 Å². The quantitative estimate of drug-likeness (QED) is 0.619. The molecule has 0 unspecified atom stereocenters. The maximum absolute atomic E-state index is 12.3. The van der Waals surface area contributed by atoms with Crippen LogP contribution in [0.25, 0.3) is 0 Å². The van der Waals surface area contributed by atoms with Crippen molar-refractivity contribution in [2.24, 2.45) is 5.41 Å². The number of amides is 2. The predicted molar refractivity (Wildman–Crippen MR) is 79.4 cm³/mol. The van der Waals surface area contributed by atoms with Gasteiger partial charge in [0.25, 0.3) is 0 Å². The number of rotatable bonds is 6. The lowest BCUT2D eigenvalue weighted by Gasteiger charge is -2.15. The van der Waals surface area contributed by atoms with E-state index in [0.29, 0.717) is 19.4 Å². The standard InChI is InChI=1S/C16H22N2O2/c1-3-4-10-17-14(19)16(8-9-16)15(20)18-13-7-5-6-12(2)11-13/h5-7,11H,3-4,8-10H2,1-2H3,(H,17,19)(H,18,20). The summed E-state index contributed by atoms with van der Waals surface area (Å²) >= 11 is 0. The minimum atomic E-state index is -0.836. The van der Waals surface area contributed by atoms with E-state index in [2.05, 4.69) is 17.6 Å². The third kappa shape index (κ3) is 3.18. The Kier molecular flexibility index (Phi) is 4.42. The van der Waals surface area contributed by atoms with Crippen molar-refractivity contribution in [1.82, 2.24) is 5.32 Å². The number of benzene rings is 1. The summed E-state index contributed by atoms with van der Waals surface area (Å²) < 4.78 is 0. The Morgan fingerprint density at radius 1 is 1.25 bits per heavy atom. The molecule has 0 radical (unpaired) electrons. The molecule has 1 aromatic rings. The Labute approximate surface area is 119 Å². The lowest BCUT2D eigenvalue weighted by molar-refractivity contribution is -0.134. The molecule has 0 aliphatic heterocycles. The molecule has 0 bridgehead atoms. The molecule has 4 nitrogen and oxygen atoms in total. The van der Waals surface area contributed by atoms with Gasteiger partial charge in [0.15, 0.2) is 0 Å². The van der Waals surface area contributed by atoms with Crippen LogP contribution >= 0.6 is 0 Å². The molecule has 2 amide bonds. The van der Waals surface area contributed by atoms with Crippen LogP contribution in [0.4, 0.5) is 5.69 Å². The first-order valence-corrected chi connectivity index (χ1v) is 7.25. The van der Waals surface area contributed by atoms with E-state index in [-0.39, 0.29) is 11.8 Å². The van der Waals surface area contributed by atoms with Crippen molar-refractivity contribution in [3.05, 3.63) is 29.8 Å². The van der Waals surface area contributed by atoms with Gasteiger partial charge in [-0.15, -0.1) is 0 Å². The zero-order valence-electron chi connectivity index (χ0n) is 12.2. The Morgan fingerprint density at radius 2 is 2.00 bits per heavy atom. The zero-order valence-corrected chi connectivity index (χ0v) is 12.2. The number of nitrogens with one attached hydrogen (secondary N) is 2. The van der Waals surface area contributed by atoms with Crippen LogP contribution in [0.2, 0.25) is 0 Å². The summed E-state index contributed by atoms with van der Waals surface area (Å²) in [6.45, 7) is 4.69. The Morgan fingerprint density at radius 3 is 2.60 bits per heavy atom. The topological polar surface area (TPSA) is 58.2 Å². The van der Waals surface area contributed by atoms with Gasteiger partial charge in [0.1, 0.15) is 5.41 Å². The average Bonchev–Trinajstić information content (AvgIpc) is 3.20. The van der Waals surface area contributed by atoms with E-state index in [4.69, 9.17) is 0 Å². The third-order valence-electron chi connectivity index (χ3n) is 3.71. The van der Waals surface area contributed by atoms with Crippen LogP contribution in [0.15, 0.2) is 24.3 Å². The lowest BCUT2D eigenvalue weighted by atomic mass is 10.0. The summed E-state index contributed by atoms with van der Waals surface area (Å²) in [4.78, 5) is 24.4. The normalized spacial score (nSPS) is 15.5. The van der Waals surface area contributed by atoms with Crippen LogP contribution in [-0.4, -0.2) is 18.4 Å². The zero-order chi connectivity index (χ0) is 14.6. The predicted octanol–water partition coefficient (Wildman–Crippen LogP) is 2.63. The second-order valence-electron chi connectivity index (χ2n) is 5.52. The highest BCUT2D eigenvalue weighted by molar-refractivity contribution is 6.13. The van der Waals surface area contributed by atoms with Crippen LogP contribution in [0.1, 0.15) is 38.2 Å². The highest BCUT2D eigenvalue weighted by Gasteiger charge is 2.56. The van der Waals surface area contributed by atoms with E-state index in [1.54, 1.807) is 0 Å². The number of carbonyl (C=O) groups excluding carboxylic acids is 2. The molecule has 0 heterocycles. The lowest BCUT2D eigenvalue weighted by Crippen LogP contribution is -2.40. The van der Waals surface area contributed by atoms with Crippen molar-refractivity contribution in [2.75, 3.05) is 11.9 Å². The molecule has 0 saturated heterocycles. The minimum absolute atomic E-state index is 0.129. The molecular formula is C16H22N2O2. The van der Waals surface area contributed by atoms with Crippen molar-refractivity contribution in [1.29, 1.82) is 0 Å². The largest absolute Gasteiger partial charge is 0.355 e. The number of carbonyl (C=O) groups is 2. The molecule has 2 rings (SSSR count). The minimum Gasteiger partial charge on any atom is -0.355 e. The van der Waals surface area contributed by atoms with Gasteiger partial charge < -0.3 is 10.6 Å². The van der Waals surface area contributed by atoms with Crippen LogP contribution in [-0.2, 0) is 9.59 Å². The highest BCUT2D eigenvalue weighted by Crippen LogP contribution is 2.46. The summed E-state index contributed by atoms with van der Waals surface area (Å²) in [6, 6.07) is 7.62. The summed E-state index contributed by atoms with van der Waals surface area (Å²) in [5.74, 6) is -0.312. The van der Waals surface area contributed by atoms with Crippen molar-refractivity contribution in [3.8, 4) is 0 Å². The smallest absolute Gasteiger partial charge is 0.240 e. The van der Waals surface area contributed by atoms with Gasteiger partial charge in [-0.1, -0.05) is 25.5 Å². The van der Waals surface area contributed by atoms with Crippen molar-refractivity contribution >= 4 is 17.5 Å². The molecule has 2 N–H and O–H groups in total. The first-order chi connectivity index (χ1) is 9.58. The molecule has 0 spiro atoms. The number of unbranched alkanes of at least 4 members (excludes halogenated alkanes) is 1. The van der Waals surface area contributed by atoms with Gasteiger partial charge >= 0.3 is 0 Å². The van der Waals surface area contributed by atoms with Crippen LogP contribution < -0.4 is 10.6 Å². The van der Waals surface area contributed by atoms with Crippen LogP contribution in [0.3, 0.4) is 0 Å². The number of anilines is 1. The number of aryl methyl sites for hydroxylation is 1. The molecule has 108 valence electrons. The monoisotopic (exact) mass is 274 g/mol. The second kappa shape index (κ2) is 6.07. The Balaban J connectivity index is 1.96. The molecule has 1 aromatic carbocycles. The molecular weight excluding hydrogens is 252 g/mol. The Bertz CT molecular complexity index is 507. The summed E-state index contributed by atoms with van der Waals surface area (Å²) in [7, 11) is 0. The fourth-order valence-corrected chi connectivity index (χ4v) is 2.20. The molecule has 4 heteroatoms. The molecule has 1 saturated carbocycles. The van der Waals surface area contributed by atoms with Gasteiger partial charge in [-0.3, -0.25) is 9.59 Å². The van der Waals surface area contributed by atoms with Gasteiger partial charge in [0.05, 0.1) is 0 Å². The molecule has 1 aliphatic carbocycles. The number of hydrogen-bond donors (Lipinski definition) is 2.